The van der Waals surface area contributed by atoms with E-state index in [1.54, 1.807) is 0 Å². The third-order valence-corrected chi connectivity index (χ3v) is 3.02. The second-order valence-electron chi connectivity index (χ2n) is 3.54. The molecule has 0 saturated carbocycles. The lowest BCUT2D eigenvalue weighted by atomic mass is 10.3. The van der Waals surface area contributed by atoms with Crippen LogP contribution in [0.25, 0.3) is 0 Å². The van der Waals surface area contributed by atoms with Gasteiger partial charge in [-0.1, -0.05) is 18.3 Å². The first kappa shape index (κ1) is 12.6. The molecule has 0 spiro atoms. The van der Waals surface area contributed by atoms with Gasteiger partial charge < -0.3 is 0 Å². The molecular formula is C11H11FN4OS. The number of aromatic nitrogens is 3. The second kappa shape index (κ2) is 5.63. The second-order valence-corrected chi connectivity index (χ2v) is 4.60. The van der Waals surface area contributed by atoms with Crippen molar-refractivity contribution in [2.24, 2.45) is 0 Å². The third-order valence-electron chi connectivity index (χ3n) is 2.12. The number of halogens is 1. The highest BCUT2D eigenvalue weighted by Crippen LogP contribution is 2.17. The molecule has 0 aliphatic heterocycles. The lowest BCUT2D eigenvalue weighted by molar-refractivity contribution is 0.101. The van der Waals surface area contributed by atoms with Gasteiger partial charge >= 0.3 is 0 Å². The average molecular weight is 266 g/mol. The third kappa shape index (κ3) is 2.86. The van der Waals surface area contributed by atoms with Gasteiger partial charge in [0, 0.05) is 12.6 Å². The van der Waals surface area contributed by atoms with Gasteiger partial charge in [-0.25, -0.2) is 9.37 Å². The van der Waals surface area contributed by atoms with Crippen molar-refractivity contribution in [3.8, 4) is 0 Å². The smallest absolute Gasteiger partial charge is 0.279 e. The van der Waals surface area contributed by atoms with Crippen LogP contribution >= 0.6 is 11.3 Å². The fourth-order valence-electron chi connectivity index (χ4n) is 1.33. The fraction of sp³-hybridized carbons (Fsp3) is 0.273. The van der Waals surface area contributed by atoms with Crippen molar-refractivity contribution in [2.45, 2.75) is 19.8 Å². The van der Waals surface area contributed by atoms with E-state index in [9.17, 15) is 9.18 Å². The molecule has 2 heterocycles. The van der Waals surface area contributed by atoms with Gasteiger partial charge in [-0.05, 0) is 18.6 Å². The molecule has 0 fully saturated rings. The monoisotopic (exact) mass is 266 g/mol. The van der Waals surface area contributed by atoms with Crippen LogP contribution < -0.4 is 5.32 Å². The molecule has 0 aliphatic carbocycles. The number of carbonyl (C=O) groups excluding carboxylic acids is 1. The number of nitrogens with zero attached hydrogens (tertiary/aromatic N) is 3. The number of amides is 1. The van der Waals surface area contributed by atoms with Crippen molar-refractivity contribution < 1.29 is 9.18 Å². The number of carbonyl (C=O) groups is 1. The summed E-state index contributed by atoms with van der Waals surface area (Å²) in [6, 6.07) is 2.61. The molecule has 1 N–H and O–H groups in total. The zero-order chi connectivity index (χ0) is 13.0. The van der Waals surface area contributed by atoms with E-state index in [0.29, 0.717) is 5.13 Å². The Balaban J connectivity index is 2.09. The van der Waals surface area contributed by atoms with Gasteiger partial charge in [0.15, 0.2) is 11.5 Å². The topological polar surface area (TPSA) is 67.8 Å². The number of anilines is 1. The van der Waals surface area contributed by atoms with E-state index in [4.69, 9.17) is 0 Å². The van der Waals surface area contributed by atoms with Gasteiger partial charge in [-0.3, -0.25) is 10.1 Å². The molecule has 5 nitrogen and oxygen atoms in total. The maximum atomic E-state index is 13.3. The van der Waals surface area contributed by atoms with Gasteiger partial charge in [-0.15, -0.1) is 10.2 Å². The molecule has 1 amide bonds. The van der Waals surface area contributed by atoms with Crippen LogP contribution in [0.3, 0.4) is 0 Å². The van der Waals surface area contributed by atoms with Crippen molar-refractivity contribution in [3.63, 3.8) is 0 Å². The summed E-state index contributed by atoms with van der Waals surface area (Å²) in [6.45, 7) is 2.03. The highest BCUT2D eigenvalue weighted by Gasteiger charge is 2.14. The van der Waals surface area contributed by atoms with E-state index in [1.165, 1.54) is 29.7 Å². The van der Waals surface area contributed by atoms with Crippen molar-refractivity contribution in [2.75, 3.05) is 5.32 Å². The standard InChI is InChI=1S/C11H11FN4OS/c1-2-4-8-15-16-11(18-8)14-10(17)9-7(12)5-3-6-13-9/h3,5-6H,2,4H2,1H3,(H,14,16,17). The number of nitrogens with one attached hydrogen (secondary N) is 1. The van der Waals surface area contributed by atoms with Crippen LogP contribution in [-0.2, 0) is 6.42 Å². The van der Waals surface area contributed by atoms with Crippen LogP contribution in [-0.4, -0.2) is 21.1 Å². The van der Waals surface area contributed by atoms with Gasteiger partial charge in [0.1, 0.15) is 5.01 Å². The minimum Gasteiger partial charge on any atom is -0.295 e. The lowest BCUT2D eigenvalue weighted by Crippen LogP contribution is -2.15. The molecule has 0 bridgehead atoms. The summed E-state index contributed by atoms with van der Waals surface area (Å²) < 4.78 is 13.3. The summed E-state index contributed by atoms with van der Waals surface area (Å²) >= 11 is 1.28. The van der Waals surface area contributed by atoms with Crippen molar-refractivity contribution >= 4 is 22.4 Å². The number of hydrogen-bond acceptors (Lipinski definition) is 5. The van der Waals surface area contributed by atoms with Crippen molar-refractivity contribution in [1.82, 2.24) is 15.2 Å². The molecule has 94 valence electrons. The Hall–Kier alpha value is -1.89. The Labute approximate surface area is 107 Å². The number of aryl methyl sites for hydroxylation is 1. The first-order valence-electron chi connectivity index (χ1n) is 5.45. The van der Waals surface area contributed by atoms with Crippen LogP contribution in [0.5, 0.6) is 0 Å². The highest BCUT2D eigenvalue weighted by molar-refractivity contribution is 7.15. The van der Waals surface area contributed by atoms with Gasteiger partial charge in [0.2, 0.25) is 5.13 Å². The average Bonchev–Trinajstić information content (AvgIpc) is 2.77. The van der Waals surface area contributed by atoms with E-state index in [0.717, 1.165) is 17.8 Å². The Morgan fingerprint density at radius 1 is 1.50 bits per heavy atom. The van der Waals surface area contributed by atoms with E-state index < -0.39 is 11.7 Å². The largest absolute Gasteiger partial charge is 0.295 e. The normalized spacial score (nSPS) is 10.3. The van der Waals surface area contributed by atoms with Crippen LogP contribution in [0.2, 0.25) is 0 Å². The van der Waals surface area contributed by atoms with Gasteiger partial charge in [-0.2, -0.15) is 0 Å². The predicted octanol–water partition coefficient (Wildman–Crippen LogP) is 2.28. The van der Waals surface area contributed by atoms with E-state index >= 15 is 0 Å². The van der Waals surface area contributed by atoms with E-state index in [1.807, 2.05) is 6.92 Å². The van der Waals surface area contributed by atoms with Crippen LogP contribution in [0.1, 0.15) is 28.8 Å². The predicted molar refractivity (Wildman–Crippen MR) is 66.1 cm³/mol. The summed E-state index contributed by atoms with van der Waals surface area (Å²) in [7, 11) is 0. The quantitative estimate of drug-likeness (QED) is 0.921. The molecule has 0 radical (unpaired) electrons. The molecule has 0 aliphatic rings. The van der Waals surface area contributed by atoms with E-state index in [-0.39, 0.29) is 5.69 Å². The lowest BCUT2D eigenvalue weighted by Gasteiger charge is -2.00. The zero-order valence-electron chi connectivity index (χ0n) is 9.68. The number of pyridine rings is 1. The Bertz CT molecular complexity index is 557. The SMILES string of the molecule is CCCc1nnc(NC(=O)c2ncccc2F)s1. The first-order valence-corrected chi connectivity index (χ1v) is 6.26. The minimum atomic E-state index is -0.659. The molecule has 0 aromatic carbocycles. The Morgan fingerprint density at radius 2 is 2.33 bits per heavy atom. The maximum Gasteiger partial charge on any atom is 0.279 e. The minimum absolute atomic E-state index is 0.246. The molecule has 0 atom stereocenters. The summed E-state index contributed by atoms with van der Waals surface area (Å²) in [5.41, 5.74) is -0.246. The highest BCUT2D eigenvalue weighted by atomic mass is 32.1. The zero-order valence-corrected chi connectivity index (χ0v) is 10.5. The van der Waals surface area contributed by atoms with Crippen molar-refractivity contribution in [1.29, 1.82) is 0 Å². The maximum absolute atomic E-state index is 13.3. The van der Waals surface area contributed by atoms with Crippen molar-refractivity contribution in [3.05, 3.63) is 34.8 Å². The molecule has 2 aromatic rings. The first-order chi connectivity index (χ1) is 8.70. The number of rotatable bonds is 4. The summed E-state index contributed by atoms with van der Waals surface area (Å²) in [5.74, 6) is -1.28. The Morgan fingerprint density at radius 3 is 3.06 bits per heavy atom. The Kier molecular flexibility index (Phi) is 3.93. The molecule has 2 rings (SSSR count). The molecule has 0 saturated heterocycles. The summed E-state index contributed by atoms with van der Waals surface area (Å²) in [6.07, 6.45) is 3.13. The molecule has 7 heteroatoms. The summed E-state index contributed by atoms with van der Waals surface area (Å²) in [4.78, 5) is 15.4. The van der Waals surface area contributed by atoms with E-state index in [2.05, 4.69) is 20.5 Å². The molecule has 18 heavy (non-hydrogen) atoms. The molecule has 0 unspecified atom stereocenters. The van der Waals surface area contributed by atoms with Crippen LogP contribution in [0, 0.1) is 5.82 Å². The fourth-order valence-corrected chi connectivity index (χ4v) is 2.16. The van der Waals surface area contributed by atoms with Gasteiger partial charge in [0.25, 0.3) is 5.91 Å². The summed E-state index contributed by atoms with van der Waals surface area (Å²) in [5, 5.41) is 11.4. The van der Waals surface area contributed by atoms with Gasteiger partial charge in [0.05, 0.1) is 0 Å². The van der Waals surface area contributed by atoms with Crippen LogP contribution in [0.15, 0.2) is 18.3 Å². The molecule has 2 aromatic heterocycles. The van der Waals surface area contributed by atoms with Crippen LogP contribution in [0.4, 0.5) is 9.52 Å². The number of hydrogen-bond donors (Lipinski definition) is 1. The molecular weight excluding hydrogens is 255 g/mol.